The summed E-state index contributed by atoms with van der Waals surface area (Å²) in [6, 6.07) is 0.744. The summed E-state index contributed by atoms with van der Waals surface area (Å²) in [7, 11) is 4.47. The van der Waals surface area contributed by atoms with Crippen LogP contribution in [0.25, 0.3) is 0 Å². The fourth-order valence-corrected chi connectivity index (χ4v) is 3.48. The molecule has 0 aromatic carbocycles. The van der Waals surface area contributed by atoms with Gasteiger partial charge in [0, 0.05) is 44.0 Å². The Balaban J connectivity index is 1.62. The highest BCUT2D eigenvalue weighted by molar-refractivity contribution is 5.06. The summed E-state index contributed by atoms with van der Waals surface area (Å²) in [6.45, 7) is 6.65. The molecule has 0 amide bonds. The zero-order valence-corrected chi connectivity index (χ0v) is 12.4. The van der Waals surface area contributed by atoms with Gasteiger partial charge in [0.15, 0.2) is 0 Å². The molecule has 1 saturated heterocycles. The van der Waals surface area contributed by atoms with Crippen molar-refractivity contribution in [3.8, 4) is 0 Å². The van der Waals surface area contributed by atoms with Gasteiger partial charge in [-0.15, -0.1) is 0 Å². The summed E-state index contributed by atoms with van der Waals surface area (Å²) in [5, 5.41) is 4.38. The highest BCUT2D eigenvalue weighted by Crippen LogP contribution is 2.42. The van der Waals surface area contributed by atoms with E-state index in [0.29, 0.717) is 0 Å². The van der Waals surface area contributed by atoms with Crippen LogP contribution in [-0.2, 0) is 13.1 Å². The lowest BCUT2D eigenvalue weighted by Gasteiger charge is -2.24. The van der Waals surface area contributed by atoms with Gasteiger partial charge >= 0.3 is 0 Å². The Morgan fingerprint density at radius 1 is 1.32 bits per heavy atom. The molecular formula is C15H26N4. The van der Waals surface area contributed by atoms with Crippen LogP contribution in [0, 0.1) is 11.8 Å². The summed E-state index contributed by atoms with van der Waals surface area (Å²) >= 11 is 0. The van der Waals surface area contributed by atoms with Gasteiger partial charge in [0.25, 0.3) is 0 Å². The first-order valence-electron chi connectivity index (χ1n) is 7.57. The minimum absolute atomic E-state index is 0.744. The van der Waals surface area contributed by atoms with E-state index in [2.05, 4.69) is 42.1 Å². The molecule has 106 valence electrons. The van der Waals surface area contributed by atoms with Crippen LogP contribution in [0.2, 0.25) is 0 Å². The predicted octanol–water partition coefficient (Wildman–Crippen LogP) is 1.67. The van der Waals surface area contributed by atoms with Gasteiger partial charge < -0.3 is 4.90 Å². The SMILES string of the molecule is CCn1cc(CN2C[C@@H](N(C)C)[C@H](C3CC3)C2)cn1. The summed E-state index contributed by atoms with van der Waals surface area (Å²) in [5.41, 5.74) is 1.36. The number of nitrogens with zero attached hydrogens (tertiary/aromatic N) is 4. The van der Waals surface area contributed by atoms with Crippen molar-refractivity contribution in [2.45, 2.75) is 38.9 Å². The Labute approximate surface area is 116 Å². The lowest BCUT2D eigenvalue weighted by Crippen LogP contribution is -2.36. The van der Waals surface area contributed by atoms with Crippen molar-refractivity contribution in [2.24, 2.45) is 11.8 Å². The summed E-state index contributed by atoms with van der Waals surface area (Å²) in [5.74, 6) is 1.88. The molecule has 1 aromatic rings. The largest absolute Gasteiger partial charge is 0.305 e. The lowest BCUT2D eigenvalue weighted by molar-refractivity contribution is 0.233. The van der Waals surface area contributed by atoms with Crippen LogP contribution in [0.15, 0.2) is 12.4 Å². The van der Waals surface area contributed by atoms with E-state index >= 15 is 0 Å². The molecule has 0 N–H and O–H groups in total. The third-order valence-corrected chi connectivity index (χ3v) is 4.72. The molecule has 0 bridgehead atoms. The summed E-state index contributed by atoms with van der Waals surface area (Å²) in [4.78, 5) is 5.04. The third kappa shape index (κ3) is 2.84. The van der Waals surface area contributed by atoms with E-state index < -0.39 is 0 Å². The number of rotatable bonds is 5. The number of aromatic nitrogens is 2. The van der Waals surface area contributed by atoms with Crippen LogP contribution in [0.1, 0.15) is 25.3 Å². The molecule has 1 aliphatic carbocycles. The minimum Gasteiger partial charge on any atom is -0.305 e. The van der Waals surface area contributed by atoms with E-state index in [1.165, 1.54) is 31.5 Å². The van der Waals surface area contributed by atoms with Crippen molar-refractivity contribution in [3.05, 3.63) is 18.0 Å². The topological polar surface area (TPSA) is 24.3 Å². The second-order valence-electron chi connectivity index (χ2n) is 6.43. The smallest absolute Gasteiger partial charge is 0.0534 e. The highest BCUT2D eigenvalue weighted by Gasteiger charge is 2.43. The van der Waals surface area contributed by atoms with E-state index in [1.807, 2.05) is 10.9 Å². The summed E-state index contributed by atoms with van der Waals surface area (Å²) in [6.07, 6.45) is 7.13. The predicted molar refractivity (Wildman–Crippen MR) is 76.9 cm³/mol. The average Bonchev–Trinajstić information content (AvgIpc) is 2.99. The molecule has 1 aromatic heterocycles. The Bertz CT molecular complexity index is 412. The van der Waals surface area contributed by atoms with E-state index in [1.54, 1.807) is 0 Å². The van der Waals surface area contributed by atoms with Gasteiger partial charge in [-0.25, -0.2) is 0 Å². The zero-order valence-electron chi connectivity index (χ0n) is 12.4. The van der Waals surface area contributed by atoms with Crippen LogP contribution in [0.5, 0.6) is 0 Å². The maximum Gasteiger partial charge on any atom is 0.0534 e. The molecule has 4 nitrogen and oxygen atoms in total. The van der Waals surface area contributed by atoms with Crippen molar-refractivity contribution in [1.29, 1.82) is 0 Å². The first-order chi connectivity index (χ1) is 9.17. The first kappa shape index (κ1) is 13.1. The van der Waals surface area contributed by atoms with Crippen LogP contribution in [-0.4, -0.2) is 52.8 Å². The monoisotopic (exact) mass is 262 g/mol. The number of aryl methyl sites for hydroxylation is 1. The van der Waals surface area contributed by atoms with Crippen LogP contribution in [0.3, 0.4) is 0 Å². The van der Waals surface area contributed by atoms with Gasteiger partial charge in [-0.1, -0.05) is 0 Å². The second-order valence-corrected chi connectivity index (χ2v) is 6.43. The summed E-state index contributed by atoms with van der Waals surface area (Å²) < 4.78 is 2.02. The maximum absolute atomic E-state index is 4.38. The Kier molecular flexibility index (Phi) is 3.63. The van der Waals surface area contributed by atoms with E-state index in [0.717, 1.165) is 31.0 Å². The minimum atomic E-state index is 0.744. The van der Waals surface area contributed by atoms with Crippen molar-refractivity contribution in [1.82, 2.24) is 19.6 Å². The highest BCUT2D eigenvalue weighted by atomic mass is 15.3. The lowest BCUT2D eigenvalue weighted by atomic mass is 9.97. The molecule has 2 fully saturated rings. The number of hydrogen-bond acceptors (Lipinski definition) is 3. The molecule has 3 rings (SSSR count). The molecule has 4 heteroatoms. The molecule has 19 heavy (non-hydrogen) atoms. The number of likely N-dealkylation sites (tertiary alicyclic amines) is 1. The molecule has 0 radical (unpaired) electrons. The molecular weight excluding hydrogens is 236 g/mol. The normalized spacial score (nSPS) is 28.4. The second kappa shape index (κ2) is 5.25. The van der Waals surface area contributed by atoms with Crippen LogP contribution < -0.4 is 0 Å². The van der Waals surface area contributed by atoms with Crippen LogP contribution >= 0.6 is 0 Å². The van der Waals surface area contributed by atoms with Crippen molar-refractivity contribution < 1.29 is 0 Å². The van der Waals surface area contributed by atoms with Crippen molar-refractivity contribution >= 4 is 0 Å². The van der Waals surface area contributed by atoms with E-state index in [-0.39, 0.29) is 0 Å². The van der Waals surface area contributed by atoms with E-state index in [9.17, 15) is 0 Å². The molecule has 1 aliphatic heterocycles. The van der Waals surface area contributed by atoms with Gasteiger partial charge in [0.2, 0.25) is 0 Å². The molecule has 2 aliphatic rings. The molecule has 1 saturated carbocycles. The van der Waals surface area contributed by atoms with E-state index in [4.69, 9.17) is 0 Å². The quantitative estimate of drug-likeness (QED) is 0.807. The molecule has 2 atom stereocenters. The van der Waals surface area contributed by atoms with Crippen molar-refractivity contribution in [2.75, 3.05) is 27.2 Å². The van der Waals surface area contributed by atoms with Gasteiger partial charge in [0.05, 0.1) is 6.20 Å². The molecule has 0 unspecified atom stereocenters. The fraction of sp³-hybridized carbons (Fsp3) is 0.800. The molecule has 0 spiro atoms. The first-order valence-corrected chi connectivity index (χ1v) is 7.57. The average molecular weight is 262 g/mol. The van der Waals surface area contributed by atoms with Gasteiger partial charge in [-0.2, -0.15) is 5.10 Å². The number of hydrogen-bond donors (Lipinski definition) is 0. The van der Waals surface area contributed by atoms with Gasteiger partial charge in [-0.05, 0) is 45.7 Å². The van der Waals surface area contributed by atoms with Crippen molar-refractivity contribution in [3.63, 3.8) is 0 Å². The Morgan fingerprint density at radius 3 is 2.68 bits per heavy atom. The van der Waals surface area contributed by atoms with Crippen LogP contribution in [0.4, 0.5) is 0 Å². The van der Waals surface area contributed by atoms with Gasteiger partial charge in [0.1, 0.15) is 0 Å². The Hall–Kier alpha value is -0.870. The third-order valence-electron chi connectivity index (χ3n) is 4.72. The van der Waals surface area contributed by atoms with Gasteiger partial charge in [-0.3, -0.25) is 9.58 Å². The zero-order chi connectivity index (χ0) is 13.4. The Morgan fingerprint density at radius 2 is 2.11 bits per heavy atom. The fourth-order valence-electron chi connectivity index (χ4n) is 3.48. The number of likely N-dealkylation sites (N-methyl/N-ethyl adjacent to an activating group) is 1. The maximum atomic E-state index is 4.38. The molecule has 2 heterocycles. The standard InChI is InChI=1S/C15H26N4/c1-4-19-9-12(7-16-19)8-18-10-14(13-5-6-13)15(11-18)17(2)3/h7,9,13-15H,4-6,8,10-11H2,1-3H3/t14-,15+/m0/s1.